The minimum Gasteiger partial charge on any atom is -0.151 e. The number of aromatic nitrogens is 2. The van der Waals surface area contributed by atoms with Crippen LogP contribution in [0.4, 0.5) is 0 Å². The Bertz CT molecular complexity index is 297. The van der Waals surface area contributed by atoms with Crippen LogP contribution in [0.3, 0.4) is 0 Å². The van der Waals surface area contributed by atoms with E-state index in [1.165, 1.54) is 23.6 Å². The number of halogens is 1. The van der Waals surface area contributed by atoms with Crippen molar-refractivity contribution in [3.05, 3.63) is 10.0 Å². The van der Waals surface area contributed by atoms with Gasteiger partial charge in [0, 0.05) is 0 Å². The zero-order chi connectivity index (χ0) is 9.97. The second kappa shape index (κ2) is 4.94. The van der Waals surface area contributed by atoms with Crippen molar-refractivity contribution < 1.29 is 0 Å². The third-order valence-corrected chi connectivity index (χ3v) is 6.36. The Morgan fingerprint density at radius 3 is 3.07 bits per heavy atom. The molecular formula is C9H13BrN2S2. The molecule has 0 radical (unpaired) electrons. The molecule has 1 fully saturated rings. The SMILES string of the molecule is CCC(Br)c1nnc(C2CCCS2)s1. The monoisotopic (exact) mass is 292 g/mol. The molecule has 2 nitrogen and oxygen atoms in total. The zero-order valence-electron chi connectivity index (χ0n) is 8.07. The Labute approximate surface area is 101 Å². The minimum atomic E-state index is 0.389. The average molecular weight is 293 g/mol. The maximum Gasteiger partial charge on any atom is 0.131 e. The van der Waals surface area contributed by atoms with Gasteiger partial charge in [-0.1, -0.05) is 34.2 Å². The highest BCUT2D eigenvalue weighted by atomic mass is 79.9. The van der Waals surface area contributed by atoms with Crippen molar-refractivity contribution in [1.29, 1.82) is 0 Å². The van der Waals surface area contributed by atoms with Gasteiger partial charge in [-0.15, -0.1) is 10.2 Å². The molecule has 1 aliphatic rings. The van der Waals surface area contributed by atoms with E-state index in [4.69, 9.17) is 0 Å². The van der Waals surface area contributed by atoms with Crippen LogP contribution in [-0.4, -0.2) is 16.0 Å². The molecule has 5 heteroatoms. The number of rotatable bonds is 3. The summed E-state index contributed by atoms with van der Waals surface area (Å²) in [5, 5.41) is 11.5. The van der Waals surface area contributed by atoms with Gasteiger partial charge in [-0.2, -0.15) is 11.8 Å². The van der Waals surface area contributed by atoms with E-state index in [0.717, 1.165) is 11.4 Å². The Morgan fingerprint density at radius 1 is 1.57 bits per heavy atom. The first-order chi connectivity index (χ1) is 6.81. The van der Waals surface area contributed by atoms with Gasteiger partial charge in [-0.25, -0.2) is 0 Å². The predicted octanol–water partition coefficient (Wildman–Crippen LogP) is 3.95. The smallest absolute Gasteiger partial charge is 0.131 e. The lowest BCUT2D eigenvalue weighted by molar-refractivity contribution is 0.800. The molecule has 0 aliphatic carbocycles. The van der Waals surface area contributed by atoms with E-state index >= 15 is 0 Å². The van der Waals surface area contributed by atoms with Gasteiger partial charge in [0.25, 0.3) is 0 Å². The van der Waals surface area contributed by atoms with Crippen LogP contribution < -0.4 is 0 Å². The summed E-state index contributed by atoms with van der Waals surface area (Å²) in [5.41, 5.74) is 0. The van der Waals surface area contributed by atoms with E-state index in [0.29, 0.717) is 10.1 Å². The topological polar surface area (TPSA) is 25.8 Å². The quantitative estimate of drug-likeness (QED) is 0.789. The highest BCUT2D eigenvalue weighted by Gasteiger charge is 2.22. The zero-order valence-corrected chi connectivity index (χ0v) is 11.3. The molecule has 1 aromatic rings. The maximum atomic E-state index is 4.28. The fourth-order valence-corrected chi connectivity index (χ4v) is 4.23. The van der Waals surface area contributed by atoms with Crippen LogP contribution in [0, 0.1) is 0 Å². The van der Waals surface area contributed by atoms with Gasteiger partial charge < -0.3 is 0 Å². The molecule has 1 aromatic heterocycles. The summed E-state index contributed by atoms with van der Waals surface area (Å²) >= 11 is 7.40. The molecule has 2 atom stereocenters. The van der Waals surface area contributed by atoms with Crippen molar-refractivity contribution in [2.45, 2.75) is 36.3 Å². The first-order valence-corrected chi connectivity index (χ1v) is 7.68. The number of hydrogen-bond donors (Lipinski definition) is 0. The van der Waals surface area contributed by atoms with E-state index in [2.05, 4.69) is 33.1 Å². The lowest BCUT2D eigenvalue weighted by Gasteiger charge is -2.01. The van der Waals surface area contributed by atoms with Crippen molar-refractivity contribution in [2.24, 2.45) is 0 Å². The molecule has 2 unspecified atom stereocenters. The van der Waals surface area contributed by atoms with E-state index in [1.54, 1.807) is 11.3 Å². The number of nitrogens with zero attached hydrogens (tertiary/aromatic N) is 2. The van der Waals surface area contributed by atoms with Crippen LogP contribution in [0.5, 0.6) is 0 Å². The van der Waals surface area contributed by atoms with Crippen LogP contribution in [0.15, 0.2) is 0 Å². The van der Waals surface area contributed by atoms with Crippen LogP contribution in [0.2, 0.25) is 0 Å². The maximum absolute atomic E-state index is 4.28. The summed E-state index contributed by atoms with van der Waals surface area (Å²) in [6, 6.07) is 0. The van der Waals surface area contributed by atoms with Crippen LogP contribution in [0.1, 0.15) is 46.3 Å². The molecule has 1 aliphatic heterocycles. The normalized spacial score (nSPS) is 24.0. The van der Waals surface area contributed by atoms with Crippen molar-refractivity contribution in [1.82, 2.24) is 10.2 Å². The Kier molecular flexibility index (Phi) is 3.85. The van der Waals surface area contributed by atoms with E-state index in [1.807, 2.05) is 11.8 Å². The Balaban J connectivity index is 2.08. The van der Waals surface area contributed by atoms with Crippen molar-refractivity contribution >= 4 is 39.0 Å². The fourth-order valence-electron chi connectivity index (χ4n) is 1.45. The molecule has 0 saturated carbocycles. The van der Waals surface area contributed by atoms with Gasteiger partial charge >= 0.3 is 0 Å². The average Bonchev–Trinajstić information content (AvgIpc) is 2.86. The number of hydrogen-bond acceptors (Lipinski definition) is 4. The molecule has 1 saturated heterocycles. The second-order valence-electron chi connectivity index (χ2n) is 3.36. The van der Waals surface area contributed by atoms with Crippen LogP contribution >= 0.6 is 39.0 Å². The van der Waals surface area contributed by atoms with Gasteiger partial charge in [0.15, 0.2) is 0 Å². The molecule has 2 rings (SSSR count). The summed E-state index contributed by atoms with van der Waals surface area (Å²) in [6.07, 6.45) is 3.68. The number of thioether (sulfide) groups is 1. The molecule has 2 heterocycles. The summed E-state index contributed by atoms with van der Waals surface area (Å²) in [6.45, 7) is 2.16. The molecule has 78 valence electrons. The van der Waals surface area contributed by atoms with E-state index < -0.39 is 0 Å². The Hall–Kier alpha value is 0.390. The summed E-state index contributed by atoms with van der Waals surface area (Å²) in [5.74, 6) is 1.28. The molecule has 0 bridgehead atoms. The highest BCUT2D eigenvalue weighted by molar-refractivity contribution is 9.09. The third kappa shape index (κ3) is 2.31. The fraction of sp³-hybridized carbons (Fsp3) is 0.778. The first-order valence-electron chi connectivity index (χ1n) is 4.90. The van der Waals surface area contributed by atoms with Gasteiger partial charge in [0.1, 0.15) is 10.0 Å². The molecular weight excluding hydrogens is 280 g/mol. The molecule has 14 heavy (non-hydrogen) atoms. The summed E-state index contributed by atoms with van der Waals surface area (Å²) < 4.78 is 0. The molecule has 0 aromatic carbocycles. The minimum absolute atomic E-state index is 0.389. The summed E-state index contributed by atoms with van der Waals surface area (Å²) in [7, 11) is 0. The van der Waals surface area contributed by atoms with Gasteiger partial charge in [-0.3, -0.25) is 0 Å². The molecule has 0 amide bonds. The first kappa shape index (κ1) is 10.9. The molecule has 0 N–H and O–H groups in total. The second-order valence-corrected chi connectivity index (χ2v) is 6.81. The number of alkyl halides is 1. The van der Waals surface area contributed by atoms with Gasteiger partial charge in [0.2, 0.25) is 0 Å². The standard InChI is InChI=1S/C9H13BrN2S2/c1-2-6(10)8-11-12-9(14-8)7-4-3-5-13-7/h6-7H,2-5H2,1H3. The van der Waals surface area contributed by atoms with Gasteiger partial charge in [-0.05, 0) is 25.0 Å². The van der Waals surface area contributed by atoms with Crippen molar-refractivity contribution in [3.63, 3.8) is 0 Å². The lowest BCUT2D eigenvalue weighted by Crippen LogP contribution is -1.86. The van der Waals surface area contributed by atoms with E-state index in [9.17, 15) is 0 Å². The largest absolute Gasteiger partial charge is 0.151 e. The van der Waals surface area contributed by atoms with Crippen molar-refractivity contribution in [3.8, 4) is 0 Å². The van der Waals surface area contributed by atoms with Gasteiger partial charge in [0.05, 0.1) is 10.1 Å². The Morgan fingerprint density at radius 2 is 2.43 bits per heavy atom. The summed E-state index contributed by atoms with van der Waals surface area (Å²) in [4.78, 5) is 0.389. The third-order valence-electron chi connectivity index (χ3n) is 2.29. The predicted molar refractivity (Wildman–Crippen MR) is 66.3 cm³/mol. The lowest BCUT2D eigenvalue weighted by atomic mass is 10.3. The van der Waals surface area contributed by atoms with E-state index in [-0.39, 0.29) is 0 Å². The highest BCUT2D eigenvalue weighted by Crippen LogP contribution is 2.42. The molecule has 0 spiro atoms. The van der Waals surface area contributed by atoms with Crippen molar-refractivity contribution in [2.75, 3.05) is 5.75 Å². The van der Waals surface area contributed by atoms with Crippen LogP contribution in [-0.2, 0) is 0 Å². The van der Waals surface area contributed by atoms with Crippen LogP contribution in [0.25, 0.3) is 0 Å².